The predicted molar refractivity (Wildman–Crippen MR) is 95.5 cm³/mol. The van der Waals surface area contributed by atoms with E-state index in [2.05, 4.69) is 10.6 Å². The van der Waals surface area contributed by atoms with Crippen LogP contribution in [0.4, 0.5) is 17.1 Å². The van der Waals surface area contributed by atoms with Gasteiger partial charge in [0.25, 0.3) is 5.69 Å². The number of rotatable bonds is 6. The van der Waals surface area contributed by atoms with Crippen LogP contribution in [0.3, 0.4) is 0 Å². The van der Waals surface area contributed by atoms with Crippen LogP contribution in [0, 0.1) is 24.0 Å². The van der Waals surface area contributed by atoms with E-state index in [9.17, 15) is 14.9 Å². The molecule has 6 nitrogen and oxygen atoms in total. The highest BCUT2D eigenvalue weighted by Crippen LogP contribution is 2.27. The minimum absolute atomic E-state index is 0.0427. The van der Waals surface area contributed by atoms with Crippen LogP contribution in [0.1, 0.15) is 23.6 Å². The van der Waals surface area contributed by atoms with Gasteiger partial charge in [-0.15, -0.1) is 0 Å². The summed E-state index contributed by atoms with van der Waals surface area (Å²) < 4.78 is 0. The van der Waals surface area contributed by atoms with Gasteiger partial charge in [-0.2, -0.15) is 0 Å². The average molecular weight is 327 g/mol. The second kappa shape index (κ2) is 7.59. The zero-order valence-corrected chi connectivity index (χ0v) is 14.1. The number of nitro groups is 1. The lowest BCUT2D eigenvalue weighted by molar-refractivity contribution is -0.384. The number of carbonyl (C=O) groups is 1. The fraction of sp³-hybridized carbons (Fsp3) is 0.278. The fourth-order valence-corrected chi connectivity index (χ4v) is 2.42. The van der Waals surface area contributed by atoms with Gasteiger partial charge in [-0.3, -0.25) is 14.9 Å². The molecule has 0 atom stereocenters. The van der Waals surface area contributed by atoms with Gasteiger partial charge < -0.3 is 10.6 Å². The highest BCUT2D eigenvalue weighted by molar-refractivity contribution is 5.96. The van der Waals surface area contributed by atoms with Crippen molar-refractivity contribution in [2.75, 3.05) is 17.2 Å². The molecule has 0 saturated heterocycles. The van der Waals surface area contributed by atoms with Gasteiger partial charge in [0.2, 0.25) is 5.91 Å². The monoisotopic (exact) mass is 327 g/mol. The number of amides is 1. The van der Waals surface area contributed by atoms with Crippen molar-refractivity contribution in [1.29, 1.82) is 0 Å². The molecule has 0 bridgehead atoms. The van der Waals surface area contributed by atoms with Gasteiger partial charge in [-0.05, 0) is 49.1 Å². The lowest BCUT2D eigenvalue weighted by atomic mass is 10.1. The summed E-state index contributed by atoms with van der Waals surface area (Å²) in [7, 11) is 0. The van der Waals surface area contributed by atoms with Gasteiger partial charge in [-0.25, -0.2) is 0 Å². The van der Waals surface area contributed by atoms with Crippen molar-refractivity contribution in [1.82, 2.24) is 0 Å². The van der Waals surface area contributed by atoms with Crippen LogP contribution in [-0.2, 0) is 11.2 Å². The summed E-state index contributed by atoms with van der Waals surface area (Å²) in [6.07, 6.45) is 0.855. The van der Waals surface area contributed by atoms with Crippen LogP contribution in [0.15, 0.2) is 36.4 Å². The van der Waals surface area contributed by atoms with Gasteiger partial charge in [0, 0.05) is 11.8 Å². The summed E-state index contributed by atoms with van der Waals surface area (Å²) in [5.41, 5.74) is 3.83. The molecule has 2 N–H and O–H groups in total. The maximum atomic E-state index is 12.2. The Labute approximate surface area is 141 Å². The zero-order valence-electron chi connectivity index (χ0n) is 14.1. The molecule has 6 heteroatoms. The Balaban J connectivity index is 2.10. The highest BCUT2D eigenvalue weighted by Gasteiger charge is 2.17. The molecule has 2 aromatic rings. The molecule has 1 amide bonds. The van der Waals surface area contributed by atoms with E-state index in [1.165, 1.54) is 6.07 Å². The van der Waals surface area contributed by atoms with E-state index >= 15 is 0 Å². The first-order valence-corrected chi connectivity index (χ1v) is 7.79. The Bertz CT molecular complexity index is 772. The van der Waals surface area contributed by atoms with E-state index in [-0.39, 0.29) is 23.8 Å². The topological polar surface area (TPSA) is 84.3 Å². The molecule has 0 radical (unpaired) electrons. The second-order valence-corrected chi connectivity index (χ2v) is 5.62. The molecular formula is C18H21N3O3. The number of para-hydroxylation sites is 1. The maximum Gasteiger partial charge on any atom is 0.293 e. The lowest BCUT2D eigenvalue weighted by Crippen LogP contribution is -2.22. The van der Waals surface area contributed by atoms with Crippen molar-refractivity contribution in [3.63, 3.8) is 0 Å². The first-order chi connectivity index (χ1) is 11.4. The summed E-state index contributed by atoms with van der Waals surface area (Å²) in [5.74, 6) is -0.327. The van der Waals surface area contributed by atoms with E-state index < -0.39 is 4.92 Å². The standard InChI is InChI=1S/C18H21N3O3/c1-4-14-7-5-6-8-15(14)19-11-18(22)20-16-9-12(2)13(3)10-17(16)21(23)24/h5-10,19H,4,11H2,1-3H3,(H,20,22). The largest absolute Gasteiger partial charge is 0.376 e. The van der Waals surface area contributed by atoms with Crippen molar-refractivity contribution in [3.05, 3.63) is 63.2 Å². The first-order valence-electron chi connectivity index (χ1n) is 7.79. The van der Waals surface area contributed by atoms with Crippen molar-refractivity contribution in [2.45, 2.75) is 27.2 Å². The number of hydrogen-bond donors (Lipinski definition) is 2. The number of aryl methyl sites for hydroxylation is 3. The second-order valence-electron chi connectivity index (χ2n) is 5.62. The van der Waals surface area contributed by atoms with Crippen LogP contribution < -0.4 is 10.6 Å². The van der Waals surface area contributed by atoms with Crippen LogP contribution in [-0.4, -0.2) is 17.4 Å². The molecular weight excluding hydrogens is 306 g/mol. The van der Waals surface area contributed by atoms with Gasteiger partial charge in [0.15, 0.2) is 0 Å². The van der Waals surface area contributed by atoms with Crippen molar-refractivity contribution < 1.29 is 9.72 Å². The number of carbonyl (C=O) groups excluding carboxylic acids is 1. The smallest absolute Gasteiger partial charge is 0.293 e. The minimum atomic E-state index is -0.484. The Morgan fingerprint density at radius 1 is 1.12 bits per heavy atom. The Morgan fingerprint density at radius 2 is 1.79 bits per heavy atom. The summed E-state index contributed by atoms with van der Waals surface area (Å²) >= 11 is 0. The molecule has 0 aliphatic carbocycles. The van der Waals surface area contributed by atoms with Gasteiger partial charge in [0.05, 0.1) is 11.5 Å². The van der Waals surface area contributed by atoms with E-state index in [1.807, 2.05) is 38.1 Å². The molecule has 0 spiro atoms. The van der Waals surface area contributed by atoms with Gasteiger partial charge >= 0.3 is 0 Å². The SMILES string of the molecule is CCc1ccccc1NCC(=O)Nc1cc(C)c(C)cc1[N+](=O)[O-]. The summed E-state index contributed by atoms with van der Waals surface area (Å²) in [4.78, 5) is 22.8. The van der Waals surface area contributed by atoms with Gasteiger partial charge in [-0.1, -0.05) is 25.1 Å². The zero-order chi connectivity index (χ0) is 17.7. The minimum Gasteiger partial charge on any atom is -0.376 e. The van der Waals surface area contributed by atoms with Crippen LogP contribution >= 0.6 is 0 Å². The summed E-state index contributed by atoms with van der Waals surface area (Å²) in [6.45, 7) is 5.74. The van der Waals surface area contributed by atoms with E-state index in [0.717, 1.165) is 28.8 Å². The van der Waals surface area contributed by atoms with E-state index in [4.69, 9.17) is 0 Å². The number of benzene rings is 2. The summed E-state index contributed by atoms with van der Waals surface area (Å²) in [6, 6.07) is 10.9. The van der Waals surface area contributed by atoms with Crippen molar-refractivity contribution >= 4 is 23.0 Å². The Kier molecular flexibility index (Phi) is 5.52. The lowest BCUT2D eigenvalue weighted by Gasteiger charge is -2.12. The maximum absolute atomic E-state index is 12.2. The number of nitrogens with one attached hydrogen (secondary N) is 2. The molecule has 0 aromatic heterocycles. The van der Waals surface area contributed by atoms with Crippen molar-refractivity contribution in [3.8, 4) is 0 Å². The molecule has 0 saturated carbocycles. The van der Waals surface area contributed by atoms with Crippen molar-refractivity contribution in [2.24, 2.45) is 0 Å². The summed E-state index contributed by atoms with van der Waals surface area (Å²) in [5, 5.41) is 16.9. The fourth-order valence-electron chi connectivity index (χ4n) is 2.42. The molecule has 0 unspecified atom stereocenters. The van der Waals surface area contributed by atoms with E-state index in [1.54, 1.807) is 13.0 Å². The average Bonchev–Trinajstić information content (AvgIpc) is 2.56. The number of nitro benzene ring substituents is 1. The quantitative estimate of drug-likeness (QED) is 0.624. The molecule has 0 aliphatic heterocycles. The molecule has 126 valence electrons. The van der Waals surface area contributed by atoms with Crippen LogP contribution in [0.5, 0.6) is 0 Å². The molecule has 2 rings (SSSR count). The highest BCUT2D eigenvalue weighted by atomic mass is 16.6. The molecule has 2 aromatic carbocycles. The number of hydrogen-bond acceptors (Lipinski definition) is 4. The molecule has 0 aliphatic rings. The van der Waals surface area contributed by atoms with Crippen LogP contribution in [0.2, 0.25) is 0 Å². The number of anilines is 2. The third-order valence-electron chi connectivity index (χ3n) is 3.92. The Hall–Kier alpha value is -2.89. The van der Waals surface area contributed by atoms with E-state index in [0.29, 0.717) is 0 Å². The normalized spacial score (nSPS) is 10.3. The third kappa shape index (κ3) is 4.10. The molecule has 24 heavy (non-hydrogen) atoms. The Morgan fingerprint density at radius 3 is 2.46 bits per heavy atom. The molecule has 0 heterocycles. The molecule has 0 fully saturated rings. The van der Waals surface area contributed by atoms with Crippen LogP contribution in [0.25, 0.3) is 0 Å². The predicted octanol–water partition coefficient (Wildman–Crippen LogP) is 3.82. The van der Waals surface area contributed by atoms with Gasteiger partial charge in [0.1, 0.15) is 5.69 Å². The third-order valence-corrected chi connectivity index (χ3v) is 3.92. The first kappa shape index (κ1) is 17.5. The number of nitrogens with zero attached hydrogens (tertiary/aromatic N) is 1.